The molecule has 0 saturated carbocycles. The summed E-state index contributed by atoms with van der Waals surface area (Å²) in [6, 6.07) is 6.24. The van der Waals surface area contributed by atoms with Crippen LogP contribution in [-0.4, -0.2) is 23.2 Å². The van der Waals surface area contributed by atoms with Gasteiger partial charge in [-0.25, -0.2) is 0 Å². The van der Waals surface area contributed by atoms with Crippen LogP contribution in [0.2, 0.25) is 0 Å². The van der Waals surface area contributed by atoms with Crippen LogP contribution in [0.4, 0.5) is 8.78 Å². The normalized spacial score (nSPS) is 18.2. The Hall–Kier alpha value is -1.89. The maximum atomic E-state index is 12.0. The summed E-state index contributed by atoms with van der Waals surface area (Å²) in [5.74, 6) is 0.103. The van der Waals surface area contributed by atoms with Gasteiger partial charge < -0.3 is 9.64 Å². The van der Waals surface area contributed by atoms with E-state index in [2.05, 4.69) is 21.5 Å². The number of thiocarbonyl (C=S) groups is 1. The molecule has 1 aromatic carbocycles. The van der Waals surface area contributed by atoms with E-state index in [4.69, 9.17) is 12.2 Å². The Kier molecular flexibility index (Phi) is 4.16. The predicted molar refractivity (Wildman–Crippen MR) is 70.2 cm³/mol. The fourth-order valence-corrected chi connectivity index (χ4v) is 1.94. The summed E-state index contributed by atoms with van der Waals surface area (Å²) >= 11 is 5.06. The SMILES string of the molecule is C=CCN1C(=S)N=NC1c1ccc(OC(F)F)cc1. The first-order valence-corrected chi connectivity index (χ1v) is 5.90. The third kappa shape index (κ3) is 3.11. The van der Waals surface area contributed by atoms with Gasteiger partial charge in [0.25, 0.3) is 0 Å². The molecule has 7 heteroatoms. The number of ether oxygens (including phenoxy) is 1. The van der Waals surface area contributed by atoms with Crippen molar-refractivity contribution < 1.29 is 13.5 Å². The molecular formula is C12H11F2N3OS. The molecule has 100 valence electrons. The molecule has 0 aromatic heterocycles. The highest BCUT2D eigenvalue weighted by Crippen LogP contribution is 2.29. The maximum absolute atomic E-state index is 12.0. The molecule has 0 saturated heterocycles. The minimum atomic E-state index is -2.83. The molecule has 1 heterocycles. The van der Waals surface area contributed by atoms with Crippen molar-refractivity contribution in [3.63, 3.8) is 0 Å². The quantitative estimate of drug-likeness (QED) is 0.613. The number of benzene rings is 1. The van der Waals surface area contributed by atoms with Gasteiger partial charge in [0.2, 0.25) is 5.11 Å². The summed E-state index contributed by atoms with van der Waals surface area (Å²) in [5.41, 5.74) is 0.798. The van der Waals surface area contributed by atoms with Crippen molar-refractivity contribution in [3.8, 4) is 5.75 Å². The number of azo groups is 1. The van der Waals surface area contributed by atoms with Gasteiger partial charge in [-0.3, -0.25) is 0 Å². The summed E-state index contributed by atoms with van der Waals surface area (Å²) < 4.78 is 28.4. The van der Waals surface area contributed by atoms with Crippen molar-refractivity contribution in [1.82, 2.24) is 4.90 Å². The molecule has 0 amide bonds. The third-order valence-electron chi connectivity index (χ3n) is 2.52. The van der Waals surface area contributed by atoms with E-state index in [-0.39, 0.29) is 11.9 Å². The average molecular weight is 283 g/mol. The number of hydrogen-bond donors (Lipinski definition) is 0. The van der Waals surface area contributed by atoms with Gasteiger partial charge in [0.05, 0.1) is 0 Å². The second kappa shape index (κ2) is 5.83. The van der Waals surface area contributed by atoms with Gasteiger partial charge in [-0.1, -0.05) is 18.2 Å². The summed E-state index contributed by atoms with van der Waals surface area (Å²) in [4.78, 5) is 1.78. The molecule has 0 N–H and O–H groups in total. The predicted octanol–water partition coefficient (Wildman–Crippen LogP) is 3.53. The van der Waals surface area contributed by atoms with Crippen LogP contribution in [0, 0.1) is 0 Å². The summed E-state index contributed by atoms with van der Waals surface area (Å²) in [5, 5.41) is 8.29. The minimum absolute atomic E-state index is 0.103. The van der Waals surface area contributed by atoms with E-state index < -0.39 is 6.61 Å². The lowest BCUT2D eigenvalue weighted by Crippen LogP contribution is -2.27. The van der Waals surface area contributed by atoms with E-state index in [0.29, 0.717) is 11.7 Å². The van der Waals surface area contributed by atoms with E-state index in [1.807, 2.05) is 0 Å². The van der Waals surface area contributed by atoms with Gasteiger partial charge in [0.15, 0.2) is 6.17 Å². The molecule has 1 atom stereocenters. The van der Waals surface area contributed by atoms with Crippen LogP contribution in [0.25, 0.3) is 0 Å². The largest absolute Gasteiger partial charge is 0.435 e. The molecule has 0 aliphatic carbocycles. The molecule has 0 radical (unpaired) electrons. The lowest BCUT2D eigenvalue weighted by Gasteiger charge is -2.21. The molecule has 0 fully saturated rings. The molecule has 1 aromatic rings. The minimum Gasteiger partial charge on any atom is -0.435 e. The monoisotopic (exact) mass is 283 g/mol. The van der Waals surface area contributed by atoms with Crippen molar-refractivity contribution in [2.75, 3.05) is 6.54 Å². The first kappa shape index (κ1) is 13.5. The van der Waals surface area contributed by atoms with Crippen LogP contribution < -0.4 is 4.74 Å². The van der Waals surface area contributed by atoms with Crippen LogP contribution >= 0.6 is 12.2 Å². The van der Waals surface area contributed by atoms with E-state index in [1.54, 1.807) is 23.1 Å². The van der Waals surface area contributed by atoms with Crippen molar-refractivity contribution in [3.05, 3.63) is 42.5 Å². The number of nitrogens with zero attached hydrogens (tertiary/aromatic N) is 3. The standard InChI is InChI=1S/C12H11F2N3OS/c1-2-7-17-10(15-16-12(17)19)8-3-5-9(6-4-8)18-11(13)14/h2-6,10-11H,1,7H2. The Balaban J connectivity index is 2.15. The fourth-order valence-electron chi connectivity index (χ4n) is 1.71. The highest BCUT2D eigenvalue weighted by Gasteiger charge is 2.26. The Labute approximate surface area is 114 Å². The van der Waals surface area contributed by atoms with Crippen molar-refractivity contribution >= 4 is 17.3 Å². The van der Waals surface area contributed by atoms with E-state index in [0.717, 1.165) is 5.56 Å². The fraction of sp³-hybridized carbons (Fsp3) is 0.250. The van der Waals surface area contributed by atoms with Gasteiger partial charge in [-0.05, 0) is 29.9 Å². The summed E-state index contributed by atoms with van der Waals surface area (Å²) in [7, 11) is 0. The average Bonchev–Trinajstić information content (AvgIpc) is 2.72. The molecule has 2 rings (SSSR count). The number of rotatable bonds is 5. The Bertz CT molecular complexity index is 504. The zero-order chi connectivity index (χ0) is 13.8. The lowest BCUT2D eigenvalue weighted by molar-refractivity contribution is -0.0498. The zero-order valence-electron chi connectivity index (χ0n) is 9.87. The van der Waals surface area contributed by atoms with Crippen LogP contribution in [0.5, 0.6) is 5.75 Å². The molecule has 4 nitrogen and oxygen atoms in total. The molecule has 0 bridgehead atoms. The van der Waals surface area contributed by atoms with Crippen molar-refractivity contribution in [2.45, 2.75) is 12.8 Å². The Morgan fingerprint density at radius 2 is 2.11 bits per heavy atom. The summed E-state index contributed by atoms with van der Waals surface area (Å²) in [6.45, 7) is 1.33. The lowest BCUT2D eigenvalue weighted by atomic mass is 10.1. The topological polar surface area (TPSA) is 37.2 Å². The van der Waals surface area contributed by atoms with Crippen LogP contribution in [0.3, 0.4) is 0 Å². The first-order chi connectivity index (χ1) is 9.11. The van der Waals surface area contributed by atoms with Gasteiger partial charge >= 0.3 is 6.61 Å². The van der Waals surface area contributed by atoms with Crippen molar-refractivity contribution in [1.29, 1.82) is 0 Å². The van der Waals surface area contributed by atoms with Gasteiger partial charge in [0.1, 0.15) is 5.75 Å². The smallest absolute Gasteiger partial charge is 0.387 e. The van der Waals surface area contributed by atoms with Gasteiger partial charge in [-0.15, -0.1) is 11.7 Å². The van der Waals surface area contributed by atoms with Crippen molar-refractivity contribution in [2.24, 2.45) is 10.2 Å². The van der Waals surface area contributed by atoms with E-state index >= 15 is 0 Å². The second-order valence-corrected chi connectivity index (χ2v) is 4.13. The van der Waals surface area contributed by atoms with Crippen LogP contribution in [0.1, 0.15) is 11.7 Å². The second-order valence-electron chi connectivity index (χ2n) is 3.76. The zero-order valence-corrected chi connectivity index (χ0v) is 10.7. The third-order valence-corrected chi connectivity index (χ3v) is 2.84. The van der Waals surface area contributed by atoms with Gasteiger partial charge in [0, 0.05) is 6.54 Å². The number of halogens is 2. The van der Waals surface area contributed by atoms with Crippen LogP contribution in [0.15, 0.2) is 47.1 Å². The highest BCUT2D eigenvalue weighted by molar-refractivity contribution is 7.80. The molecule has 1 aliphatic heterocycles. The maximum Gasteiger partial charge on any atom is 0.387 e. The Morgan fingerprint density at radius 1 is 1.42 bits per heavy atom. The molecule has 1 aliphatic rings. The van der Waals surface area contributed by atoms with Crippen LogP contribution in [-0.2, 0) is 0 Å². The van der Waals surface area contributed by atoms with E-state index in [1.165, 1.54) is 12.1 Å². The first-order valence-electron chi connectivity index (χ1n) is 5.49. The number of alkyl halides is 2. The van der Waals surface area contributed by atoms with Gasteiger partial charge in [-0.2, -0.15) is 13.9 Å². The molecular weight excluding hydrogens is 272 g/mol. The highest BCUT2D eigenvalue weighted by atomic mass is 32.1. The molecule has 1 unspecified atom stereocenters. The Morgan fingerprint density at radius 3 is 2.68 bits per heavy atom. The molecule has 19 heavy (non-hydrogen) atoms. The van der Waals surface area contributed by atoms with E-state index in [9.17, 15) is 8.78 Å². The molecule has 0 spiro atoms. The summed E-state index contributed by atoms with van der Waals surface area (Å²) in [6.07, 6.45) is 1.36. The number of hydrogen-bond acceptors (Lipinski definition) is 3.